The number of carbonyl (C=O) groups is 2. The fraction of sp³-hybridized carbons (Fsp3) is 0.545. The molecule has 1 aromatic rings. The van der Waals surface area contributed by atoms with Crippen LogP contribution in [0.1, 0.15) is 19.5 Å². The molecular formula is C11H17N3O4. The zero-order valence-electron chi connectivity index (χ0n) is 10.3. The predicted molar refractivity (Wildman–Crippen MR) is 63.0 cm³/mol. The molecule has 0 spiro atoms. The second-order valence-corrected chi connectivity index (χ2v) is 4.31. The molecule has 7 heteroatoms. The number of carboxylic acids is 1. The first-order valence-corrected chi connectivity index (χ1v) is 5.62. The summed E-state index contributed by atoms with van der Waals surface area (Å²) in [4.78, 5) is 28.9. The summed E-state index contributed by atoms with van der Waals surface area (Å²) in [6.07, 6.45) is 2.37. The van der Waals surface area contributed by atoms with Gasteiger partial charge in [-0.2, -0.15) is 0 Å². The van der Waals surface area contributed by atoms with Crippen LogP contribution < -0.4 is 5.32 Å². The topological polar surface area (TPSA) is 104 Å². The molecule has 1 aromatic heterocycles. The molecule has 0 aliphatic rings. The highest BCUT2D eigenvalue weighted by Gasteiger charge is 2.21. The van der Waals surface area contributed by atoms with Crippen LogP contribution in [-0.2, 0) is 16.0 Å². The van der Waals surface area contributed by atoms with E-state index in [9.17, 15) is 9.59 Å². The van der Waals surface area contributed by atoms with E-state index in [2.05, 4.69) is 15.3 Å². The summed E-state index contributed by atoms with van der Waals surface area (Å²) in [5, 5.41) is 11.3. The van der Waals surface area contributed by atoms with Crippen LogP contribution in [0.2, 0.25) is 0 Å². The number of rotatable bonds is 6. The smallest absolute Gasteiger partial charge is 0.407 e. The summed E-state index contributed by atoms with van der Waals surface area (Å²) in [6.45, 7) is 4.04. The van der Waals surface area contributed by atoms with Crippen molar-refractivity contribution in [3.8, 4) is 0 Å². The van der Waals surface area contributed by atoms with Crippen LogP contribution in [-0.4, -0.2) is 39.8 Å². The molecule has 0 saturated heterocycles. The van der Waals surface area contributed by atoms with Gasteiger partial charge in [-0.3, -0.25) is 0 Å². The number of aromatic amines is 1. The summed E-state index contributed by atoms with van der Waals surface area (Å²) < 4.78 is 4.86. The molecule has 7 nitrogen and oxygen atoms in total. The van der Waals surface area contributed by atoms with Crippen molar-refractivity contribution in [2.24, 2.45) is 5.92 Å². The van der Waals surface area contributed by atoms with E-state index in [1.807, 2.05) is 13.8 Å². The van der Waals surface area contributed by atoms with Crippen molar-refractivity contribution in [1.82, 2.24) is 15.3 Å². The number of aromatic nitrogens is 2. The van der Waals surface area contributed by atoms with Gasteiger partial charge >= 0.3 is 12.1 Å². The predicted octanol–water partition coefficient (Wildman–Crippen LogP) is 0.788. The van der Waals surface area contributed by atoms with Crippen molar-refractivity contribution in [3.63, 3.8) is 0 Å². The summed E-state index contributed by atoms with van der Waals surface area (Å²) in [7, 11) is 0. The summed E-state index contributed by atoms with van der Waals surface area (Å²) in [6, 6.07) is -1.04. The van der Waals surface area contributed by atoms with Gasteiger partial charge in [0.15, 0.2) is 0 Å². The average Bonchev–Trinajstić information content (AvgIpc) is 2.78. The number of alkyl carbamates (subject to hydrolysis) is 1. The van der Waals surface area contributed by atoms with E-state index in [0.717, 1.165) is 0 Å². The average molecular weight is 255 g/mol. The first-order valence-electron chi connectivity index (χ1n) is 5.62. The number of ether oxygens (including phenoxy) is 1. The van der Waals surface area contributed by atoms with Crippen molar-refractivity contribution < 1.29 is 19.4 Å². The molecular weight excluding hydrogens is 238 g/mol. The molecule has 1 heterocycles. The summed E-state index contributed by atoms with van der Waals surface area (Å²) in [5.74, 6) is -0.919. The molecule has 0 saturated carbocycles. The Labute approximate surface area is 105 Å². The molecule has 0 bridgehead atoms. The number of carbonyl (C=O) groups excluding carboxylic acids is 1. The monoisotopic (exact) mass is 255 g/mol. The number of hydrogen-bond donors (Lipinski definition) is 3. The lowest BCUT2D eigenvalue weighted by Crippen LogP contribution is -2.42. The SMILES string of the molecule is CC(C)COC(=O)NC(Cc1cnc[nH]1)C(=O)O. The number of nitrogens with zero attached hydrogens (tertiary/aromatic N) is 1. The Hall–Kier alpha value is -2.05. The van der Waals surface area contributed by atoms with Gasteiger partial charge < -0.3 is 20.1 Å². The number of hydrogen-bond acceptors (Lipinski definition) is 4. The van der Waals surface area contributed by atoms with E-state index >= 15 is 0 Å². The van der Waals surface area contributed by atoms with Gasteiger partial charge in [0.05, 0.1) is 12.9 Å². The molecule has 0 fully saturated rings. The van der Waals surface area contributed by atoms with E-state index in [1.165, 1.54) is 12.5 Å². The molecule has 1 atom stereocenters. The van der Waals surface area contributed by atoms with Gasteiger partial charge in [0, 0.05) is 18.3 Å². The maximum atomic E-state index is 11.4. The van der Waals surface area contributed by atoms with E-state index in [0.29, 0.717) is 5.69 Å². The van der Waals surface area contributed by atoms with Gasteiger partial charge in [-0.1, -0.05) is 13.8 Å². The van der Waals surface area contributed by atoms with Gasteiger partial charge in [0.2, 0.25) is 0 Å². The van der Waals surface area contributed by atoms with Gasteiger partial charge in [0.1, 0.15) is 6.04 Å². The molecule has 1 amide bonds. The number of amides is 1. The van der Waals surface area contributed by atoms with E-state index in [4.69, 9.17) is 9.84 Å². The molecule has 1 unspecified atom stereocenters. The van der Waals surface area contributed by atoms with Crippen molar-refractivity contribution in [2.45, 2.75) is 26.3 Å². The highest BCUT2D eigenvalue weighted by Crippen LogP contribution is 2.00. The molecule has 0 aliphatic heterocycles. The zero-order chi connectivity index (χ0) is 13.5. The molecule has 0 radical (unpaired) electrons. The third kappa shape index (κ3) is 4.86. The quantitative estimate of drug-likeness (QED) is 0.697. The first kappa shape index (κ1) is 14.0. The number of imidazole rings is 1. The van der Waals surface area contributed by atoms with E-state index in [-0.39, 0.29) is 18.9 Å². The molecule has 0 aromatic carbocycles. The third-order valence-electron chi connectivity index (χ3n) is 2.12. The van der Waals surface area contributed by atoms with Crippen molar-refractivity contribution >= 4 is 12.1 Å². The van der Waals surface area contributed by atoms with Crippen molar-refractivity contribution in [1.29, 1.82) is 0 Å². The maximum absolute atomic E-state index is 11.4. The number of aliphatic carboxylic acids is 1. The third-order valence-corrected chi connectivity index (χ3v) is 2.12. The minimum atomic E-state index is -1.12. The Morgan fingerprint density at radius 1 is 1.56 bits per heavy atom. The second-order valence-electron chi connectivity index (χ2n) is 4.31. The van der Waals surface area contributed by atoms with Gasteiger partial charge in [-0.05, 0) is 5.92 Å². The highest BCUT2D eigenvalue weighted by atomic mass is 16.5. The Balaban J connectivity index is 2.48. The van der Waals surface area contributed by atoms with Crippen LogP contribution in [0.5, 0.6) is 0 Å². The van der Waals surface area contributed by atoms with Crippen molar-refractivity contribution in [3.05, 3.63) is 18.2 Å². The lowest BCUT2D eigenvalue weighted by molar-refractivity contribution is -0.139. The van der Waals surface area contributed by atoms with Crippen LogP contribution >= 0.6 is 0 Å². The summed E-state index contributed by atoms with van der Waals surface area (Å²) >= 11 is 0. The van der Waals surface area contributed by atoms with Crippen LogP contribution in [0.15, 0.2) is 12.5 Å². The number of carboxylic acid groups (broad SMARTS) is 1. The fourth-order valence-corrected chi connectivity index (χ4v) is 1.24. The van der Waals surface area contributed by atoms with Crippen LogP contribution in [0, 0.1) is 5.92 Å². The van der Waals surface area contributed by atoms with Gasteiger partial charge in [0.25, 0.3) is 0 Å². The molecule has 18 heavy (non-hydrogen) atoms. The number of nitrogens with one attached hydrogen (secondary N) is 2. The standard InChI is InChI=1S/C11H17N3O4/c1-7(2)5-18-11(17)14-9(10(15)16)3-8-4-12-6-13-8/h4,6-7,9H,3,5H2,1-2H3,(H,12,13)(H,14,17)(H,15,16). The largest absolute Gasteiger partial charge is 0.480 e. The zero-order valence-corrected chi connectivity index (χ0v) is 10.3. The van der Waals surface area contributed by atoms with E-state index < -0.39 is 18.1 Å². The maximum Gasteiger partial charge on any atom is 0.407 e. The van der Waals surface area contributed by atoms with Crippen LogP contribution in [0.4, 0.5) is 4.79 Å². The Kier molecular flexibility index (Phi) is 5.16. The molecule has 1 rings (SSSR count). The van der Waals surface area contributed by atoms with Gasteiger partial charge in [-0.25, -0.2) is 14.6 Å². The second kappa shape index (κ2) is 6.63. The minimum Gasteiger partial charge on any atom is -0.480 e. The Bertz CT molecular complexity index is 389. The molecule has 3 N–H and O–H groups in total. The van der Waals surface area contributed by atoms with Crippen LogP contribution in [0.3, 0.4) is 0 Å². The molecule has 100 valence electrons. The van der Waals surface area contributed by atoms with Crippen molar-refractivity contribution in [2.75, 3.05) is 6.61 Å². The fourth-order valence-electron chi connectivity index (χ4n) is 1.24. The van der Waals surface area contributed by atoms with Gasteiger partial charge in [-0.15, -0.1) is 0 Å². The summed E-state index contributed by atoms with van der Waals surface area (Å²) in [5.41, 5.74) is 0.631. The lowest BCUT2D eigenvalue weighted by Gasteiger charge is -2.14. The normalized spacial score (nSPS) is 12.2. The Morgan fingerprint density at radius 2 is 2.28 bits per heavy atom. The first-order chi connectivity index (χ1) is 8.49. The van der Waals surface area contributed by atoms with Crippen LogP contribution in [0.25, 0.3) is 0 Å². The lowest BCUT2D eigenvalue weighted by atomic mass is 10.2. The molecule has 0 aliphatic carbocycles. The highest BCUT2D eigenvalue weighted by molar-refractivity contribution is 5.80. The Morgan fingerprint density at radius 3 is 2.78 bits per heavy atom. The van der Waals surface area contributed by atoms with E-state index in [1.54, 1.807) is 0 Å². The number of H-pyrrole nitrogens is 1. The minimum absolute atomic E-state index is 0.131.